The number of pyridine rings is 1. The smallest absolute Gasteiger partial charge is 0.274 e. The molecule has 1 amide bonds. The standard InChI is InChI=1S/C14H13BrN2O/c1-10-3-2-8-16-13(10)14(18)17-12-6-4-11(9-15)5-7-12/h2-8H,9H2,1H3,(H,17,18). The number of anilines is 1. The van der Waals surface area contributed by atoms with Crippen LogP contribution in [0.5, 0.6) is 0 Å². The van der Waals surface area contributed by atoms with Crippen molar-refractivity contribution >= 4 is 27.5 Å². The van der Waals surface area contributed by atoms with Gasteiger partial charge in [-0.1, -0.05) is 34.1 Å². The topological polar surface area (TPSA) is 42.0 Å². The first-order chi connectivity index (χ1) is 8.70. The van der Waals surface area contributed by atoms with Gasteiger partial charge in [0.05, 0.1) is 0 Å². The number of alkyl halides is 1. The number of amides is 1. The van der Waals surface area contributed by atoms with Crippen LogP contribution in [0.25, 0.3) is 0 Å². The van der Waals surface area contributed by atoms with Crippen molar-refractivity contribution in [1.29, 1.82) is 0 Å². The molecule has 2 rings (SSSR count). The fourth-order valence-corrected chi connectivity index (χ4v) is 1.96. The second-order valence-corrected chi connectivity index (χ2v) is 4.51. The maximum atomic E-state index is 12.0. The molecule has 1 N–H and O–H groups in total. The minimum atomic E-state index is -0.181. The van der Waals surface area contributed by atoms with Crippen LogP contribution in [0, 0.1) is 6.92 Å². The lowest BCUT2D eigenvalue weighted by molar-refractivity contribution is 0.102. The Morgan fingerprint density at radius 2 is 2.00 bits per heavy atom. The fraction of sp³-hybridized carbons (Fsp3) is 0.143. The van der Waals surface area contributed by atoms with Gasteiger partial charge in [0.15, 0.2) is 0 Å². The molecule has 2 aromatic rings. The summed E-state index contributed by atoms with van der Waals surface area (Å²) >= 11 is 3.38. The molecule has 0 unspecified atom stereocenters. The molecule has 0 bridgehead atoms. The largest absolute Gasteiger partial charge is 0.321 e. The van der Waals surface area contributed by atoms with Crippen molar-refractivity contribution in [2.45, 2.75) is 12.3 Å². The van der Waals surface area contributed by atoms with Gasteiger partial charge in [-0.05, 0) is 36.2 Å². The zero-order valence-corrected chi connectivity index (χ0v) is 11.6. The molecule has 0 fully saturated rings. The lowest BCUT2D eigenvalue weighted by atomic mass is 10.2. The average molecular weight is 305 g/mol. The van der Waals surface area contributed by atoms with E-state index in [4.69, 9.17) is 0 Å². The third kappa shape index (κ3) is 2.96. The van der Waals surface area contributed by atoms with Gasteiger partial charge in [0.1, 0.15) is 5.69 Å². The lowest BCUT2D eigenvalue weighted by Gasteiger charge is -2.07. The normalized spacial score (nSPS) is 10.1. The van der Waals surface area contributed by atoms with Crippen molar-refractivity contribution < 1.29 is 4.79 Å². The van der Waals surface area contributed by atoms with Gasteiger partial charge in [0, 0.05) is 17.2 Å². The second-order valence-electron chi connectivity index (χ2n) is 3.95. The molecule has 0 atom stereocenters. The Morgan fingerprint density at radius 1 is 1.28 bits per heavy atom. The van der Waals surface area contributed by atoms with E-state index in [9.17, 15) is 4.79 Å². The Bertz CT molecular complexity index is 552. The van der Waals surface area contributed by atoms with Crippen molar-refractivity contribution in [2.75, 3.05) is 5.32 Å². The zero-order valence-electron chi connectivity index (χ0n) is 9.98. The predicted octanol–water partition coefficient (Wildman–Crippen LogP) is 3.54. The molecule has 1 heterocycles. The van der Waals surface area contributed by atoms with Crippen LogP contribution in [0.2, 0.25) is 0 Å². The average Bonchev–Trinajstić information content (AvgIpc) is 2.40. The van der Waals surface area contributed by atoms with Crippen LogP contribution < -0.4 is 5.32 Å². The first-order valence-corrected chi connectivity index (χ1v) is 6.70. The van der Waals surface area contributed by atoms with E-state index in [0.717, 1.165) is 16.6 Å². The highest BCUT2D eigenvalue weighted by molar-refractivity contribution is 9.08. The molecule has 92 valence electrons. The summed E-state index contributed by atoms with van der Waals surface area (Å²) in [7, 11) is 0. The number of halogens is 1. The third-order valence-corrected chi connectivity index (χ3v) is 3.24. The number of rotatable bonds is 3. The summed E-state index contributed by atoms with van der Waals surface area (Å²) in [6, 6.07) is 11.4. The van der Waals surface area contributed by atoms with E-state index in [1.54, 1.807) is 6.20 Å². The maximum Gasteiger partial charge on any atom is 0.274 e. The molecule has 0 saturated carbocycles. The molecule has 0 aliphatic heterocycles. The Hall–Kier alpha value is -1.68. The third-order valence-electron chi connectivity index (χ3n) is 2.59. The van der Waals surface area contributed by atoms with E-state index in [2.05, 4.69) is 26.2 Å². The molecule has 0 aliphatic carbocycles. The van der Waals surface area contributed by atoms with Crippen molar-refractivity contribution in [3.05, 3.63) is 59.4 Å². The quantitative estimate of drug-likeness (QED) is 0.881. The van der Waals surface area contributed by atoms with Gasteiger partial charge in [-0.15, -0.1) is 0 Å². The number of aryl methyl sites for hydroxylation is 1. The van der Waals surface area contributed by atoms with E-state index < -0.39 is 0 Å². The van der Waals surface area contributed by atoms with E-state index in [-0.39, 0.29) is 5.91 Å². The number of nitrogens with zero attached hydrogens (tertiary/aromatic N) is 1. The molecule has 0 radical (unpaired) electrons. The van der Waals surface area contributed by atoms with Crippen LogP contribution in [0.15, 0.2) is 42.6 Å². The molecule has 0 aliphatic rings. The van der Waals surface area contributed by atoms with Crippen LogP contribution in [0.3, 0.4) is 0 Å². The van der Waals surface area contributed by atoms with Crippen LogP contribution in [0.4, 0.5) is 5.69 Å². The van der Waals surface area contributed by atoms with E-state index >= 15 is 0 Å². The molecule has 1 aromatic heterocycles. The highest BCUT2D eigenvalue weighted by Gasteiger charge is 2.09. The summed E-state index contributed by atoms with van der Waals surface area (Å²) in [6.45, 7) is 1.87. The molecule has 4 heteroatoms. The molecule has 1 aromatic carbocycles. The summed E-state index contributed by atoms with van der Waals surface area (Å²) < 4.78 is 0. The van der Waals surface area contributed by atoms with Gasteiger partial charge in [-0.25, -0.2) is 0 Å². The van der Waals surface area contributed by atoms with Crippen molar-refractivity contribution in [3.8, 4) is 0 Å². The summed E-state index contributed by atoms with van der Waals surface area (Å²) in [4.78, 5) is 16.1. The monoisotopic (exact) mass is 304 g/mol. The molecular weight excluding hydrogens is 292 g/mol. The maximum absolute atomic E-state index is 12.0. The zero-order chi connectivity index (χ0) is 13.0. The van der Waals surface area contributed by atoms with Gasteiger partial charge < -0.3 is 5.32 Å². The highest BCUT2D eigenvalue weighted by Crippen LogP contribution is 2.13. The molecule has 18 heavy (non-hydrogen) atoms. The van der Waals surface area contributed by atoms with Crippen LogP contribution in [0.1, 0.15) is 21.6 Å². The number of nitrogens with one attached hydrogen (secondary N) is 1. The van der Waals surface area contributed by atoms with Gasteiger partial charge >= 0.3 is 0 Å². The van der Waals surface area contributed by atoms with Gasteiger partial charge in [-0.3, -0.25) is 9.78 Å². The van der Waals surface area contributed by atoms with E-state index in [0.29, 0.717) is 5.69 Å². The number of hydrogen-bond acceptors (Lipinski definition) is 2. The summed E-state index contributed by atoms with van der Waals surface area (Å²) in [6.07, 6.45) is 1.62. The van der Waals surface area contributed by atoms with Gasteiger partial charge in [0.25, 0.3) is 5.91 Å². The minimum absolute atomic E-state index is 0.181. The minimum Gasteiger partial charge on any atom is -0.321 e. The Balaban J connectivity index is 2.14. The number of carbonyl (C=O) groups excluding carboxylic acids is 1. The molecule has 0 saturated heterocycles. The first-order valence-electron chi connectivity index (χ1n) is 5.58. The fourth-order valence-electron chi connectivity index (χ4n) is 1.59. The predicted molar refractivity (Wildman–Crippen MR) is 76.0 cm³/mol. The van der Waals surface area contributed by atoms with Crippen molar-refractivity contribution in [2.24, 2.45) is 0 Å². The number of aromatic nitrogens is 1. The van der Waals surface area contributed by atoms with Crippen LogP contribution >= 0.6 is 15.9 Å². The highest BCUT2D eigenvalue weighted by atomic mass is 79.9. The number of hydrogen-bond donors (Lipinski definition) is 1. The Kier molecular flexibility index (Phi) is 4.10. The summed E-state index contributed by atoms with van der Waals surface area (Å²) in [5, 5.41) is 3.64. The van der Waals surface area contributed by atoms with Gasteiger partial charge in [0.2, 0.25) is 0 Å². The van der Waals surface area contributed by atoms with E-state index in [1.807, 2.05) is 43.3 Å². The van der Waals surface area contributed by atoms with Crippen LogP contribution in [-0.4, -0.2) is 10.9 Å². The Labute approximate surface area is 114 Å². The first kappa shape index (κ1) is 12.8. The molecule has 0 spiro atoms. The van der Waals surface area contributed by atoms with Crippen LogP contribution in [-0.2, 0) is 5.33 Å². The summed E-state index contributed by atoms with van der Waals surface area (Å²) in [5.41, 5.74) is 3.27. The molecular formula is C14H13BrN2O. The SMILES string of the molecule is Cc1cccnc1C(=O)Nc1ccc(CBr)cc1. The second kappa shape index (κ2) is 5.78. The van der Waals surface area contributed by atoms with Crippen molar-refractivity contribution in [3.63, 3.8) is 0 Å². The molecule has 3 nitrogen and oxygen atoms in total. The van der Waals surface area contributed by atoms with Crippen molar-refractivity contribution in [1.82, 2.24) is 4.98 Å². The number of benzene rings is 1. The van der Waals surface area contributed by atoms with E-state index in [1.165, 1.54) is 5.56 Å². The lowest BCUT2D eigenvalue weighted by Crippen LogP contribution is -2.14. The van der Waals surface area contributed by atoms with Gasteiger partial charge in [-0.2, -0.15) is 0 Å². The summed E-state index contributed by atoms with van der Waals surface area (Å²) in [5.74, 6) is -0.181. The number of carbonyl (C=O) groups is 1. The Morgan fingerprint density at radius 3 is 2.61 bits per heavy atom.